The molecule has 1 N–H and O–H groups in total. The molecule has 1 heterocycles. The average Bonchev–Trinajstić information content (AvgIpc) is 2.82. The van der Waals surface area contributed by atoms with Crippen LogP contribution in [-0.4, -0.2) is 23.0 Å². The van der Waals surface area contributed by atoms with Gasteiger partial charge in [-0.05, 0) is 39.0 Å². The van der Waals surface area contributed by atoms with Crippen LogP contribution in [0.2, 0.25) is 0 Å². The summed E-state index contributed by atoms with van der Waals surface area (Å²) in [5, 5.41) is 2.57. The van der Waals surface area contributed by atoms with Crippen molar-refractivity contribution < 1.29 is 23.1 Å². The highest BCUT2D eigenvalue weighted by atomic mass is 32.1. The summed E-state index contributed by atoms with van der Waals surface area (Å²) in [6, 6.07) is 2.92. The summed E-state index contributed by atoms with van der Waals surface area (Å²) in [5.74, 6) is -1.31. The maximum Gasteiger partial charge on any atom is 0.412 e. The topological polar surface area (TPSA) is 68.3 Å². The second-order valence-corrected chi connectivity index (χ2v) is 6.60. The largest absolute Gasteiger partial charge is 0.444 e. The number of aromatic nitrogens is 1. The van der Waals surface area contributed by atoms with Crippen molar-refractivity contribution in [2.24, 2.45) is 0 Å². The molecule has 0 saturated heterocycles. The minimum absolute atomic E-state index is 0.0789. The fraction of sp³-hybridized carbons (Fsp3) is 0.267. The summed E-state index contributed by atoms with van der Waals surface area (Å²) in [6.07, 6.45) is -0.348. The van der Waals surface area contributed by atoms with E-state index in [0.29, 0.717) is 6.29 Å². The third kappa shape index (κ3) is 4.32. The van der Waals surface area contributed by atoms with Gasteiger partial charge in [-0.2, -0.15) is 0 Å². The Morgan fingerprint density at radius 1 is 1.35 bits per heavy atom. The average molecular weight is 340 g/mol. The molecule has 1 aromatic heterocycles. The van der Waals surface area contributed by atoms with Crippen LogP contribution in [0.4, 0.5) is 18.6 Å². The molecule has 0 aliphatic rings. The number of rotatable bonds is 3. The van der Waals surface area contributed by atoms with E-state index < -0.39 is 23.3 Å². The molecule has 0 atom stereocenters. The van der Waals surface area contributed by atoms with Crippen molar-refractivity contribution in [1.29, 1.82) is 0 Å². The van der Waals surface area contributed by atoms with E-state index in [1.54, 1.807) is 20.8 Å². The Bertz CT molecular complexity index is 754. The Hall–Kier alpha value is -2.35. The molecule has 2 aromatic rings. The smallest absolute Gasteiger partial charge is 0.412 e. The van der Waals surface area contributed by atoms with Gasteiger partial charge in [0.25, 0.3) is 0 Å². The number of hydrogen-bond acceptors (Lipinski definition) is 5. The molecule has 0 radical (unpaired) electrons. The standard InChI is InChI=1S/C15H14F2N2O3S/c1-15(2,3)22-14(21)19-13-11(7-20)18-12(23-13)9-6-8(16)4-5-10(9)17/h4-7H,1-3H3,(H,19,21). The number of nitrogens with one attached hydrogen (secondary N) is 1. The zero-order valence-corrected chi connectivity index (χ0v) is 13.5. The first-order valence-electron chi connectivity index (χ1n) is 6.61. The Kier molecular flexibility index (Phi) is 4.74. The number of anilines is 1. The predicted molar refractivity (Wildman–Crippen MR) is 82.7 cm³/mol. The molecule has 1 aromatic carbocycles. The first kappa shape index (κ1) is 17.0. The van der Waals surface area contributed by atoms with Gasteiger partial charge in [0.1, 0.15) is 32.9 Å². The zero-order valence-electron chi connectivity index (χ0n) is 12.6. The van der Waals surface area contributed by atoms with Crippen molar-refractivity contribution in [3.8, 4) is 10.6 Å². The van der Waals surface area contributed by atoms with E-state index in [-0.39, 0.29) is 21.3 Å². The second-order valence-electron chi connectivity index (χ2n) is 5.60. The summed E-state index contributed by atoms with van der Waals surface area (Å²) in [6.45, 7) is 5.06. The van der Waals surface area contributed by atoms with E-state index in [2.05, 4.69) is 10.3 Å². The molecule has 5 nitrogen and oxygen atoms in total. The van der Waals surface area contributed by atoms with E-state index in [1.165, 1.54) is 0 Å². The number of benzene rings is 1. The van der Waals surface area contributed by atoms with Crippen LogP contribution in [-0.2, 0) is 4.74 Å². The molecule has 0 unspecified atom stereocenters. The van der Waals surface area contributed by atoms with Crippen LogP contribution >= 0.6 is 11.3 Å². The van der Waals surface area contributed by atoms with E-state index in [4.69, 9.17) is 4.74 Å². The van der Waals surface area contributed by atoms with Crippen molar-refractivity contribution in [3.63, 3.8) is 0 Å². The molecule has 23 heavy (non-hydrogen) atoms. The first-order chi connectivity index (χ1) is 10.7. The van der Waals surface area contributed by atoms with Gasteiger partial charge in [-0.15, -0.1) is 0 Å². The lowest BCUT2D eigenvalue weighted by Gasteiger charge is -2.19. The fourth-order valence-corrected chi connectivity index (χ4v) is 2.61. The number of halogens is 2. The maximum atomic E-state index is 13.8. The van der Waals surface area contributed by atoms with Crippen molar-refractivity contribution in [2.75, 3.05) is 5.32 Å². The predicted octanol–water partition coefficient (Wildman–Crippen LogP) is 4.25. The summed E-state index contributed by atoms with van der Waals surface area (Å²) in [4.78, 5) is 26.8. The summed E-state index contributed by atoms with van der Waals surface area (Å²) >= 11 is 0.853. The van der Waals surface area contributed by atoms with Crippen molar-refractivity contribution in [1.82, 2.24) is 4.98 Å². The van der Waals surface area contributed by atoms with Gasteiger partial charge in [-0.1, -0.05) is 11.3 Å². The van der Waals surface area contributed by atoms with Gasteiger partial charge in [0.2, 0.25) is 0 Å². The third-order valence-electron chi connectivity index (χ3n) is 2.54. The van der Waals surface area contributed by atoms with E-state index in [9.17, 15) is 18.4 Å². The molecule has 0 saturated carbocycles. The van der Waals surface area contributed by atoms with Crippen LogP contribution in [0, 0.1) is 11.6 Å². The molecular weight excluding hydrogens is 326 g/mol. The Labute approximate surface area is 135 Å². The lowest BCUT2D eigenvalue weighted by molar-refractivity contribution is 0.0636. The van der Waals surface area contributed by atoms with Crippen LogP contribution in [0.5, 0.6) is 0 Å². The lowest BCUT2D eigenvalue weighted by atomic mass is 10.2. The molecule has 122 valence electrons. The van der Waals surface area contributed by atoms with Crippen molar-refractivity contribution in [3.05, 3.63) is 35.5 Å². The zero-order chi connectivity index (χ0) is 17.2. The number of hydrogen-bond donors (Lipinski definition) is 1. The van der Waals surface area contributed by atoms with Gasteiger partial charge in [-0.25, -0.2) is 18.6 Å². The van der Waals surface area contributed by atoms with Crippen LogP contribution in [0.25, 0.3) is 10.6 Å². The highest BCUT2D eigenvalue weighted by Gasteiger charge is 2.21. The number of carbonyl (C=O) groups is 2. The molecule has 0 fully saturated rings. The van der Waals surface area contributed by atoms with Crippen LogP contribution < -0.4 is 5.32 Å². The molecule has 0 spiro atoms. The van der Waals surface area contributed by atoms with Gasteiger partial charge in [0, 0.05) is 5.56 Å². The number of amides is 1. The van der Waals surface area contributed by atoms with Gasteiger partial charge in [-0.3, -0.25) is 10.1 Å². The van der Waals surface area contributed by atoms with Crippen molar-refractivity contribution >= 4 is 28.7 Å². The van der Waals surface area contributed by atoms with Crippen LogP contribution in [0.15, 0.2) is 18.2 Å². The number of nitrogens with zero attached hydrogens (tertiary/aromatic N) is 1. The minimum Gasteiger partial charge on any atom is -0.444 e. The molecule has 8 heteroatoms. The van der Waals surface area contributed by atoms with E-state index in [0.717, 1.165) is 29.5 Å². The van der Waals surface area contributed by atoms with Crippen LogP contribution in [0.3, 0.4) is 0 Å². The highest BCUT2D eigenvalue weighted by Crippen LogP contribution is 2.33. The number of thiazole rings is 1. The van der Waals surface area contributed by atoms with E-state index >= 15 is 0 Å². The molecule has 0 aliphatic carbocycles. The number of ether oxygens (including phenoxy) is 1. The van der Waals surface area contributed by atoms with E-state index in [1.807, 2.05) is 0 Å². The van der Waals surface area contributed by atoms with Crippen molar-refractivity contribution in [2.45, 2.75) is 26.4 Å². The molecule has 0 aliphatic heterocycles. The molecule has 1 amide bonds. The second kappa shape index (κ2) is 6.41. The summed E-state index contributed by atoms with van der Waals surface area (Å²) in [5.41, 5.74) is -0.886. The quantitative estimate of drug-likeness (QED) is 0.848. The van der Waals surface area contributed by atoms with Gasteiger partial charge >= 0.3 is 6.09 Å². The molecule has 2 rings (SSSR count). The first-order valence-corrected chi connectivity index (χ1v) is 7.42. The molecular formula is C15H14F2N2O3S. The SMILES string of the molecule is CC(C)(C)OC(=O)Nc1sc(-c2cc(F)ccc2F)nc1C=O. The van der Waals surface area contributed by atoms with Gasteiger partial charge < -0.3 is 4.74 Å². The van der Waals surface area contributed by atoms with Gasteiger partial charge in [0.05, 0.1) is 0 Å². The third-order valence-corrected chi connectivity index (χ3v) is 3.56. The maximum absolute atomic E-state index is 13.8. The monoisotopic (exact) mass is 340 g/mol. The minimum atomic E-state index is -0.768. The molecule has 0 bridgehead atoms. The number of aldehydes is 1. The Balaban J connectivity index is 2.33. The Morgan fingerprint density at radius 2 is 2.04 bits per heavy atom. The summed E-state index contributed by atoms with van der Waals surface area (Å²) in [7, 11) is 0. The Morgan fingerprint density at radius 3 is 2.65 bits per heavy atom. The normalized spacial score (nSPS) is 11.2. The van der Waals surface area contributed by atoms with Crippen LogP contribution in [0.1, 0.15) is 31.3 Å². The summed E-state index contributed by atoms with van der Waals surface area (Å²) < 4.78 is 32.1. The lowest BCUT2D eigenvalue weighted by Crippen LogP contribution is -2.27. The fourth-order valence-electron chi connectivity index (χ4n) is 1.67. The highest BCUT2D eigenvalue weighted by molar-refractivity contribution is 7.19. The van der Waals surface area contributed by atoms with Gasteiger partial charge in [0.15, 0.2) is 6.29 Å². The number of carbonyl (C=O) groups excluding carboxylic acids is 2.